The molecule has 7 heteroatoms. The molecule has 2 aromatic carbocycles. The van der Waals surface area contributed by atoms with Crippen LogP contribution in [0.1, 0.15) is 37.3 Å². The van der Waals surface area contributed by atoms with Gasteiger partial charge in [-0.15, -0.1) is 0 Å². The van der Waals surface area contributed by atoms with Gasteiger partial charge in [0.1, 0.15) is 5.75 Å². The lowest BCUT2D eigenvalue weighted by molar-refractivity contribution is 0.144. The van der Waals surface area contributed by atoms with Crippen LogP contribution in [0.3, 0.4) is 0 Å². The molecule has 0 atom stereocenters. The Morgan fingerprint density at radius 2 is 1.90 bits per heavy atom. The second kappa shape index (κ2) is 10.1. The minimum Gasteiger partial charge on any atom is -0.494 e. The van der Waals surface area contributed by atoms with Crippen molar-refractivity contribution in [3.63, 3.8) is 0 Å². The van der Waals surface area contributed by atoms with E-state index in [9.17, 15) is 9.90 Å². The number of ether oxygens (including phenoxy) is 1. The van der Waals surface area contributed by atoms with E-state index in [1.54, 1.807) is 18.2 Å². The Kier molecular flexibility index (Phi) is 7.31. The fourth-order valence-electron chi connectivity index (χ4n) is 3.44. The highest BCUT2D eigenvalue weighted by Crippen LogP contribution is 2.33. The molecule has 0 amide bonds. The van der Waals surface area contributed by atoms with Crippen LogP contribution in [0.2, 0.25) is 0 Å². The summed E-state index contributed by atoms with van der Waals surface area (Å²) in [5.41, 5.74) is 4.07. The van der Waals surface area contributed by atoms with E-state index in [1.165, 1.54) is 5.56 Å². The number of unbranched alkanes of at least 4 members (excludes halogenated alkanes) is 1. The van der Waals surface area contributed by atoms with E-state index in [0.717, 1.165) is 37.2 Å². The lowest BCUT2D eigenvalue weighted by atomic mass is 10.0. The van der Waals surface area contributed by atoms with Gasteiger partial charge in [-0.3, -0.25) is 4.99 Å². The van der Waals surface area contributed by atoms with Crippen molar-refractivity contribution in [3.05, 3.63) is 53.6 Å². The third-order valence-corrected chi connectivity index (χ3v) is 5.06. The number of nitrogens with zero attached hydrogens (tertiary/aromatic N) is 2. The van der Waals surface area contributed by atoms with E-state index >= 15 is 0 Å². The minimum absolute atomic E-state index is 0.0138. The first kappa shape index (κ1) is 22.4. The summed E-state index contributed by atoms with van der Waals surface area (Å²) in [7, 11) is 4.11. The van der Waals surface area contributed by atoms with Crippen LogP contribution in [0, 0.1) is 0 Å². The van der Waals surface area contributed by atoms with Crippen molar-refractivity contribution in [2.75, 3.05) is 20.6 Å². The molecular formula is C24H29N3O4. The molecule has 1 heterocycles. The molecule has 0 aliphatic carbocycles. The van der Waals surface area contributed by atoms with E-state index in [1.807, 2.05) is 12.1 Å². The van der Waals surface area contributed by atoms with Crippen molar-refractivity contribution in [1.29, 1.82) is 0 Å². The van der Waals surface area contributed by atoms with Gasteiger partial charge in [-0.05, 0) is 69.3 Å². The largest absolute Gasteiger partial charge is 0.511 e. The van der Waals surface area contributed by atoms with E-state index in [4.69, 9.17) is 14.8 Å². The van der Waals surface area contributed by atoms with Crippen LogP contribution in [0.5, 0.6) is 11.6 Å². The van der Waals surface area contributed by atoms with Gasteiger partial charge in [0.15, 0.2) is 5.88 Å². The summed E-state index contributed by atoms with van der Waals surface area (Å²) in [6, 6.07) is 13.0. The van der Waals surface area contributed by atoms with Gasteiger partial charge < -0.3 is 24.8 Å². The number of aromatic hydroxyl groups is 1. The molecular weight excluding hydrogens is 394 g/mol. The molecule has 31 heavy (non-hydrogen) atoms. The molecule has 0 saturated carbocycles. The predicted molar refractivity (Wildman–Crippen MR) is 123 cm³/mol. The van der Waals surface area contributed by atoms with Crippen molar-refractivity contribution in [1.82, 2.24) is 9.88 Å². The third-order valence-electron chi connectivity index (χ3n) is 5.06. The summed E-state index contributed by atoms with van der Waals surface area (Å²) >= 11 is 0. The lowest BCUT2D eigenvalue weighted by Crippen LogP contribution is -2.14. The Bertz CT molecular complexity index is 1070. The number of rotatable bonds is 9. The number of benzene rings is 2. The quantitative estimate of drug-likeness (QED) is 0.245. The Hall–Kier alpha value is -3.32. The standard InChI is InChI=1S/C24H29N3O4/c1-4-5-6-21(25-17-9-7-16(8-10-17)13-14-27(2)3)22-19-15-18(31-24(29)30)11-12-20(19)26-23(22)28/h7-12,15,26,28H,4-6,13-14H2,1-3H3,(H,29,30). The number of aromatic amines is 1. The zero-order chi connectivity index (χ0) is 22.4. The molecule has 3 N–H and O–H groups in total. The monoisotopic (exact) mass is 423 g/mol. The molecule has 1 aromatic heterocycles. The molecule has 0 fully saturated rings. The first-order valence-electron chi connectivity index (χ1n) is 10.4. The Morgan fingerprint density at radius 3 is 2.55 bits per heavy atom. The van der Waals surface area contributed by atoms with E-state index in [-0.39, 0.29) is 11.6 Å². The molecule has 0 unspecified atom stereocenters. The number of hydrogen-bond donors (Lipinski definition) is 3. The van der Waals surface area contributed by atoms with Crippen LogP contribution >= 0.6 is 0 Å². The molecule has 0 bridgehead atoms. The predicted octanol–water partition coefficient (Wildman–Crippen LogP) is 5.35. The molecule has 0 radical (unpaired) electrons. The fourth-order valence-corrected chi connectivity index (χ4v) is 3.44. The maximum Gasteiger partial charge on any atom is 0.511 e. The zero-order valence-electron chi connectivity index (χ0n) is 18.2. The second-order valence-corrected chi connectivity index (χ2v) is 7.81. The number of aromatic nitrogens is 1. The van der Waals surface area contributed by atoms with Gasteiger partial charge in [0, 0.05) is 17.4 Å². The molecule has 0 saturated heterocycles. The highest BCUT2D eigenvalue weighted by atomic mass is 16.7. The maximum absolute atomic E-state index is 10.9. The summed E-state index contributed by atoms with van der Waals surface area (Å²) in [4.78, 5) is 20.9. The van der Waals surface area contributed by atoms with Crippen molar-refractivity contribution < 1.29 is 19.7 Å². The van der Waals surface area contributed by atoms with Gasteiger partial charge in [-0.2, -0.15) is 0 Å². The normalized spacial score (nSPS) is 11.9. The van der Waals surface area contributed by atoms with Crippen molar-refractivity contribution in [3.8, 4) is 11.6 Å². The average Bonchev–Trinajstić information content (AvgIpc) is 3.05. The smallest absolute Gasteiger partial charge is 0.494 e. The Balaban J connectivity index is 1.99. The van der Waals surface area contributed by atoms with Crippen LogP contribution < -0.4 is 4.74 Å². The molecule has 3 aromatic rings. The third kappa shape index (κ3) is 5.86. The number of aliphatic imine (C=N–C) groups is 1. The number of likely N-dealkylation sites (N-methyl/N-ethyl adjacent to an activating group) is 1. The van der Waals surface area contributed by atoms with E-state index in [0.29, 0.717) is 22.9 Å². The summed E-state index contributed by atoms with van der Waals surface area (Å²) < 4.78 is 4.80. The summed E-state index contributed by atoms with van der Waals surface area (Å²) in [6.07, 6.45) is 2.17. The lowest BCUT2D eigenvalue weighted by Gasteiger charge is -2.10. The summed E-state index contributed by atoms with van der Waals surface area (Å²) in [6.45, 7) is 3.08. The Morgan fingerprint density at radius 1 is 1.16 bits per heavy atom. The number of carboxylic acid groups (broad SMARTS) is 1. The molecule has 0 spiro atoms. The minimum atomic E-state index is -1.38. The molecule has 164 valence electrons. The summed E-state index contributed by atoms with van der Waals surface area (Å²) in [5.74, 6) is 0.209. The zero-order valence-corrected chi connectivity index (χ0v) is 18.2. The molecule has 0 aliphatic rings. The van der Waals surface area contributed by atoms with Gasteiger partial charge >= 0.3 is 6.16 Å². The van der Waals surface area contributed by atoms with Gasteiger partial charge in [0.2, 0.25) is 0 Å². The number of hydrogen-bond acceptors (Lipinski definition) is 5. The van der Waals surface area contributed by atoms with Gasteiger partial charge in [-0.25, -0.2) is 4.79 Å². The van der Waals surface area contributed by atoms with Crippen LogP contribution in [0.25, 0.3) is 10.9 Å². The number of carbonyl (C=O) groups is 1. The number of H-pyrrole nitrogens is 1. The Labute approximate surface area is 182 Å². The van der Waals surface area contributed by atoms with Crippen LogP contribution in [0.15, 0.2) is 47.5 Å². The van der Waals surface area contributed by atoms with Crippen LogP contribution in [0.4, 0.5) is 10.5 Å². The highest BCUT2D eigenvalue weighted by molar-refractivity contribution is 6.14. The molecule has 0 aliphatic heterocycles. The second-order valence-electron chi connectivity index (χ2n) is 7.81. The first-order valence-corrected chi connectivity index (χ1v) is 10.4. The van der Waals surface area contributed by atoms with Gasteiger partial charge in [-0.1, -0.05) is 25.5 Å². The number of nitrogens with one attached hydrogen (secondary N) is 1. The molecule has 3 rings (SSSR count). The van der Waals surface area contributed by atoms with Gasteiger partial charge in [0.05, 0.1) is 17.0 Å². The van der Waals surface area contributed by atoms with E-state index < -0.39 is 6.16 Å². The topological polar surface area (TPSA) is 98.1 Å². The average molecular weight is 424 g/mol. The first-order chi connectivity index (χ1) is 14.9. The van der Waals surface area contributed by atoms with Crippen molar-refractivity contribution in [2.24, 2.45) is 4.99 Å². The maximum atomic E-state index is 10.9. The van der Waals surface area contributed by atoms with Crippen molar-refractivity contribution in [2.45, 2.75) is 32.6 Å². The summed E-state index contributed by atoms with van der Waals surface area (Å²) in [5, 5.41) is 20.2. The van der Waals surface area contributed by atoms with Gasteiger partial charge in [0.25, 0.3) is 0 Å². The van der Waals surface area contributed by atoms with Crippen LogP contribution in [-0.2, 0) is 6.42 Å². The van der Waals surface area contributed by atoms with E-state index in [2.05, 4.69) is 43.0 Å². The fraction of sp³-hybridized carbons (Fsp3) is 0.333. The number of fused-ring (bicyclic) bond motifs is 1. The SMILES string of the molecule is CCCCC(=Nc1ccc(CCN(C)C)cc1)c1c(O)[nH]c2ccc(OC(=O)O)cc12. The van der Waals surface area contributed by atoms with Crippen LogP contribution in [-0.4, -0.2) is 52.6 Å². The molecule has 7 nitrogen and oxygen atoms in total. The van der Waals surface area contributed by atoms with Crippen molar-refractivity contribution >= 4 is 28.5 Å². The highest BCUT2D eigenvalue weighted by Gasteiger charge is 2.18.